The number of rotatable bonds is 3. The standard InChI is InChI=1S/C10H18N2/c1-8(2)7-9(3)12-6-5-11-10(12)4/h5-6,8-9H,7H2,1-4H3. The zero-order chi connectivity index (χ0) is 9.14. The normalized spacial score (nSPS) is 13.8. The van der Waals surface area contributed by atoms with Crippen molar-refractivity contribution in [1.82, 2.24) is 9.55 Å². The van der Waals surface area contributed by atoms with E-state index >= 15 is 0 Å². The van der Waals surface area contributed by atoms with Crippen molar-refractivity contribution in [1.29, 1.82) is 0 Å². The maximum atomic E-state index is 4.21. The van der Waals surface area contributed by atoms with Crippen molar-refractivity contribution in [2.45, 2.75) is 40.2 Å². The van der Waals surface area contributed by atoms with Crippen molar-refractivity contribution < 1.29 is 0 Å². The molecule has 0 aliphatic rings. The predicted molar refractivity (Wildman–Crippen MR) is 51.1 cm³/mol. The summed E-state index contributed by atoms with van der Waals surface area (Å²) in [7, 11) is 0. The molecule has 1 aromatic heterocycles. The van der Waals surface area contributed by atoms with E-state index in [2.05, 4.69) is 43.4 Å². The fourth-order valence-corrected chi connectivity index (χ4v) is 1.65. The van der Waals surface area contributed by atoms with E-state index in [1.165, 1.54) is 6.42 Å². The lowest BCUT2D eigenvalue weighted by atomic mass is 10.1. The van der Waals surface area contributed by atoms with E-state index in [9.17, 15) is 0 Å². The Morgan fingerprint density at radius 1 is 1.42 bits per heavy atom. The van der Waals surface area contributed by atoms with E-state index in [0.29, 0.717) is 6.04 Å². The van der Waals surface area contributed by atoms with Gasteiger partial charge in [0.1, 0.15) is 5.82 Å². The Morgan fingerprint density at radius 2 is 2.08 bits per heavy atom. The molecule has 1 rings (SSSR count). The molecule has 0 N–H and O–H groups in total. The molecule has 2 heteroatoms. The van der Waals surface area contributed by atoms with Gasteiger partial charge < -0.3 is 4.57 Å². The van der Waals surface area contributed by atoms with E-state index in [4.69, 9.17) is 0 Å². The third-order valence-corrected chi connectivity index (χ3v) is 2.15. The average Bonchev–Trinajstić information content (AvgIpc) is 2.33. The molecule has 68 valence electrons. The molecule has 0 radical (unpaired) electrons. The van der Waals surface area contributed by atoms with Crippen LogP contribution in [-0.2, 0) is 0 Å². The third-order valence-electron chi connectivity index (χ3n) is 2.15. The van der Waals surface area contributed by atoms with Gasteiger partial charge in [0, 0.05) is 18.4 Å². The van der Waals surface area contributed by atoms with Crippen molar-refractivity contribution in [3.8, 4) is 0 Å². The Labute approximate surface area is 74.6 Å². The smallest absolute Gasteiger partial charge is 0.105 e. The molecular formula is C10H18N2. The van der Waals surface area contributed by atoms with Crippen molar-refractivity contribution in [3.63, 3.8) is 0 Å². The largest absolute Gasteiger partial charge is 0.332 e. The number of aromatic nitrogens is 2. The van der Waals surface area contributed by atoms with E-state index < -0.39 is 0 Å². The van der Waals surface area contributed by atoms with Gasteiger partial charge in [0.25, 0.3) is 0 Å². The minimum Gasteiger partial charge on any atom is -0.332 e. The summed E-state index contributed by atoms with van der Waals surface area (Å²) in [5.74, 6) is 1.87. The first-order valence-electron chi connectivity index (χ1n) is 4.60. The van der Waals surface area contributed by atoms with Crippen LogP contribution in [-0.4, -0.2) is 9.55 Å². The van der Waals surface area contributed by atoms with Crippen LogP contribution in [0.5, 0.6) is 0 Å². The van der Waals surface area contributed by atoms with Gasteiger partial charge in [-0.3, -0.25) is 0 Å². The summed E-state index contributed by atoms with van der Waals surface area (Å²) in [6, 6.07) is 0.576. The predicted octanol–water partition coefficient (Wildman–Crippen LogP) is 2.80. The Morgan fingerprint density at radius 3 is 2.50 bits per heavy atom. The van der Waals surface area contributed by atoms with Crippen LogP contribution in [0, 0.1) is 12.8 Å². The second-order valence-corrected chi connectivity index (χ2v) is 3.86. The quantitative estimate of drug-likeness (QED) is 0.675. The molecule has 1 unspecified atom stereocenters. The van der Waals surface area contributed by atoms with Gasteiger partial charge in [-0.15, -0.1) is 0 Å². The molecule has 2 nitrogen and oxygen atoms in total. The van der Waals surface area contributed by atoms with Crippen molar-refractivity contribution in [3.05, 3.63) is 18.2 Å². The first kappa shape index (κ1) is 9.30. The lowest BCUT2D eigenvalue weighted by molar-refractivity contribution is 0.421. The summed E-state index contributed by atoms with van der Waals surface area (Å²) >= 11 is 0. The number of hydrogen-bond donors (Lipinski definition) is 0. The van der Waals surface area contributed by atoms with E-state index in [0.717, 1.165) is 11.7 Å². The Hall–Kier alpha value is -0.790. The van der Waals surface area contributed by atoms with Crippen LogP contribution in [0.4, 0.5) is 0 Å². The minimum absolute atomic E-state index is 0.576. The van der Waals surface area contributed by atoms with Crippen LogP contribution in [0.15, 0.2) is 12.4 Å². The molecule has 0 saturated carbocycles. The van der Waals surface area contributed by atoms with E-state index in [1.54, 1.807) is 0 Å². The van der Waals surface area contributed by atoms with Crippen molar-refractivity contribution in [2.24, 2.45) is 5.92 Å². The molecule has 0 aliphatic carbocycles. The zero-order valence-corrected chi connectivity index (χ0v) is 8.41. The lowest BCUT2D eigenvalue weighted by Crippen LogP contribution is -2.08. The summed E-state index contributed by atoms with van der Waals surface area (Å²) in [6.07, 6.45) is 5.14. The van der Waals surface area contributed by atoms with Crippen molar-refractivity contribution in [2.75, 3.05) is 0 Å². The van der Waals surface area contributed by atoms with Crippen LogP contribution in [0.3, 0.4) is 0 Å². The topological polar surface area (TPSA) is 17.8 Å². The molecule has 0 bridgehead atoms. The van der Waals surface area contributed by atoms with E-state index in [-0.39, 0.29) is 0 Å². The van der Waals surface area contributed by atoms with Gasteiger partial charge in [0.05, 0.1) is 0 Å². The molecule has 0 amide bonds. The van der Waals surface area contributed by atoms with Crippen LogP contribution in [0.25, 0.3) is 0 Å². The Bertz CT molecular complexity index is 238. The highest BCUT2D eigenvalue weighted by Crippen LogP contribution is 2.17. The average molecular weight is 166 g/mol. The molecular weight excluding hydrogens is 148 g/mol. The SMILES string of the molecule is Cc1nccn1C(C)CC(C)C. The summed E-state index contributed by atoms with van der Waals surface area (Å²) < 4.78 is 2.24. The minimum atomic E-state index is 0.576. The lowest BCUT2D eigenvalue weighted by Gasteiger charge is -2.16. The van der Waals surface area contributed by atoms with Crippen LogP contribution in [0.2, 0.25) is 0 Å². The number of imidazole rings is 1. The Kier molecular flexibility index (Phi) is 2.90. The number of hydrogen-bond acceptors (Lipinski definition) is 1. The molecule has 1 aromatic rings. The Balaban J connectivity index is 2.65. The van der Waals surface area contributed by atoms with Gasteiger partial charge in [-0.25, -0.2) is 4.98 Å². The summed E-state index contributed by atoms with van der Waals surface area (Å²) in [5, 5.41) is 0. The zero-order valence-electron chi connectivity index (χ0n) is 8.41. The van der Waals surface area contributed by atoms with Gasteiger partial charge in [0.2, 0.25) is 0 Å². The second kappa shape index (κ2) is 3.74. The first-order valence-corrected chi connectivity index (χ1v) is 4.60. The van der Waals surface area contributed by atoms with Gasteiger partial charge >= 0.3 is 0 Å². The maximum absolute atomic E-state index is 4.21. The molecule has 1 heterocycles. The second-order valence-electron chi connectivity index (χ2n) is 3.86. The van der Waals surface area contributed by atoms with Gasteiger partial charge in [0.15, 0.2) is 0 Å². The molecule has 0 saturated heterocycles. The van der Waals surface area contributed by atoms with Gasteiger partial charge in [-0.2, -0.15) is 0 Å². The number of aryl methyl sites for hydroxylation is 1. The fraction of sp³-hybridized carbons (Fsp3) is 0.700. The highest BCUT2D eigenvalue weighted by Gasteiger charge is 2.08. The maximum Gasteiger partial charge on any atom is 0.105 e. The van der Waals surface area contributed by atoms with Crippen LogP contribution < -0.4 is 0 Å². The van der Waals surface area contributed by atoms with Crippen molar-refractivity contribution >= 4 is 0 Å². The molecule has 12 heavy (non-hydrogen) atoms. The summed E-state index contributed by atoms with van der Waals surface area (Å²) in [4.78, 5) is 4.21. The fourth-order valence-electron chi connectivity index (χ4n) is 1.65. The number of nitrogens with zero attached hydrogens (tertiary/aromatic N) is 2. The molecule has 0 spiro atoms. The van der Waals surface area contributed by atoms with Gasteiger partial charge in [-0.05, 0) is 26.2 Å². The monoisotopic (exact) mass is 166 g/mol. The van der Waals surface area contributed by atoms with Crippen LogP contribution in [0.1, 0.15) is 39.1 Å². The summed E-state index contributed by atoms with van der Waals surface area (Å²) in [6.45, 7) is 8.80. The molecule has 0 aliphatic heterocycles. The molecule has 1 atom stereocenters. The third kappa shape index (κ3) is 2.10. The molecule has 0 fully saturated rings. The van der Waals surface area contributed by atoms with E-state index in [1.807, 2.05) is 6.20 Å². The van der Waals surface area contributed by atoms with Crippen LogP contribution >= 0.6 is 0 Å². The first-order chi connectivity index (χ1) is 5.61. The highest BCUT2D eigenvalue weighted by molar-refractivity contribution is 4.91. The molecule has 0 aromatic carbocycles. The summed E-state index contributed by atoms with van der Waals surface area (Å²) in [5.41, 5.74) is 0. The van der Waals surface area contributed by atoms with Gasteiger partial charge in [-0.1, -0.05) is 13.8 Å². The highest BCUT2D eigenvalue weighted by atomic mass is 15.1.